The van der Waals surface area contributed by atoms with E-state index in [9.17, 15) is 53.1 Å². The molecule has 68 heavy (non-hydrogen) atoms. The quantitative estimate of drug-likeness (QED) is 0.0652. The molecule has 0 saturated carbocycles. The predicted molar refractivity (Wildman–Crippen MR) is 253 cm³/mol. The lowest BCUT2D eigenvalue weighted by molar-refractivity contribution is -0.142. The highest BCUT2D eigenvalue weighted by molar-refractivity contribution is 8.76. The molecule has 0 spiro atoms. The van der Waals surface area contributed by atoms with Crippen LogP contribution in [0.5, 0.6) is 5.75 Å². The summed E-state index contributed by atoms with van der Waals surface area (Å²) in [6, 6.07) is -2.62. The number of primary amides is 2. The average Bonchev–Trinajstić information content (AvgIpc) is 3.79. The second-order valence-corrected chi connectivity index (χ2v) is 19.1. The first-order valence-electron chi connectivity index (χ1n) is 22.6. The lowest BCUT2D eigenvalue weighted by Gasteiger charge is -2.31. The van der Waals surface area contributed by atoms with Crippen LogP contribution in [-0.2, 0) is 54.4 Å². The second kappa shape index (κ2) is 28.6. The van der Waals surface area contributed by atoms with E-state index in [4.69, 9.17) is 21.9 Å². The van der Waals surface area contributed by atoms with Gasteiger partial charge in [0.2, 0.25) is 59.1 Å². The van der Waals surface area contributed by atoms with Crippen LogP contribution in [-0.4, -0.2) is 155 Å². The lowest BCUT2D eigenvalue weighted by Crippen LogP contribution is -2.63. The molecule has 0 bridgehead atoms. The van der Waals surface area contributed by atoms with Crippen LogP contribution in [0.4, 0.5) is 0 Å². The maximum Gasteiger partial charge on any atom is 0.246 e. The van der Waals surface area contributed by atoms with Gasteiger partial charge in [-0.3, -0.25) is 47.9 Å². The Bertz CT molecular complexity index is 1950. The van der Waals surface area contributed by atoms with Gasteiger partial charge < -0.3 is 69.2 Å². The number of nitrogens with zero attached hydrogens (tertiary/aromatic N) is 1. The van der Waals surface area contributed by atoms with Crippen LogP contribution < -0.4 is 59.2 Å². The third-order valence-corrected chi connectivity index (χ3v) is 13.6. The van der Waals surface area contributed by atoms with Gasteiger partial charge in [-0.1, -0.05) is 54.0 Å². The maximum atomic E-state index is 14.4. The summed E-state index contributed by atoms with van der Waals surface area (Å²) in [7, 11) is 2.27. The van der Waals surface area contributed by atoms with Crippen LogP contribution >= 0.6 is 21.6 Å². The molecule has 10 amide bonds. The number of hydrogen-bond acceptors (Lipinski definition) is 15. The smallest absolute Gasteiger partial charge is 0.246 e. The highest BCUT2D eigenvalue weighted by Crippen LogP contribution is 2.26. The van der Waals surface area contributed by atoms with Crippen molar-refractivity contribution in [2.45, 2.75) is 127 Å². The predicted octanol–water partition coefficient (Wildman–Crippen LogP) is -3.04. The van der Waals surface area contributed by atoms with Crippen LogP contribution in [0.3, 0.4) is 0 Å². The van der Waals surface area contributed by atoms with Crippen molar-refractivity contribution in [3.8, 4) is 5.75 Å². The third kappa shape index (κ3) is 18.1. The van der Waals surface area contributed by atoms with Gasteiger partial charge in [0.25, 0.3) is 0 Å². The van der Waals surface area contributed by atoms with E-state index >= 15 is 0 Å². The van der Waals surface area contributed by atoms with Crippen LogP contribution in [0.1, 0.15) is 78.2 Å². The minimum absolute atomic E-state index is 0.0243. The van der Waals surface area contributed by atoms with E-state index in [1.807, 2.05) is 6.92 Å². The number of nitrogens with one attached hydrogen (secondary N) is 7. The summed E-state index contributed by atoms with van der Waals surface area (Å²) in [5.74, 6) is -8.07. The molecule has 2 saturated heterocycles. The first-order valence-corrected chi connectivity index (χ1v) is 25.1. The highest BCUT2D eigenvalue weighted by Gasteiger charge is 2.41. The van der Waals surface area contributed by atoms with Crippen molar-refractivity contribution in [3.05, 3.63) is 29.8 Å². The molecule has 9 atom stereocenters. The molecule has 2 fully saturated rings. The van der Waals surface area contributed by atoms with Gasteiger partial charge in [0, 0.05) is 30.9 Å². The van der Waals surface area contributed by atoms with E-state index in [0.29, 0.717) is 37.2 Å². The van der Waals surface area contributed by atoms with Gasteiger partial charge in [-0.25, -0.2) is 0 Å². The Kier molecular flexibility index (Phi) is 23.8. The van der Waals surface area contributed by atoms with Crippen LogP contribution in [0, 0.1) is 5.92 Å². The van der Waals surface area contributed by atoms with Crippen molar-refractivity contribution in [2.24, 2.45) is 23.1 Å². The molecule has 23 nitrogen and oxygen atoms in total. The number of benzene rings is 1. The Morgan fingerprint density at radius 3 is 2.15 bits per heavy atom. The number of aliphatic hydroxyl groups is 1. The fourth-order valence-corrected chi connectivity index (χ4v) is 9.44. The van der Waals surface area contributed by atoms with E-state index < -0.39 is 126 Å². The molecule has 25 heteroatoms. The van der Waals surface area contributed by atoms with Crippen molar-refractivity contribution >= 4 is 80.7 Å². The Labute approximate surface area is 403 Å². The topological polar surface area (TPSA) is 366 Å². The van der Waals surface area contributed by atoms with Crippen molar-refractivity contribution in [3.63, 3.8) is 0 Å². The van der Waals surface area contributed by atoms with Crippen molar-refractivity contribution in [1.29, 1.82) is 0 Å². The summed E-state index contributed by atoms with van der Waals surface area (Å²) in [4.78, 5) is 135. The van der Waals surface area contributed by atoms with E-state index in [2.05, 4.69) is 37.2 Å². The summed E-state index contributed by atoms with van der Waals surface area (Å²) in [5.41, 5.74) is 17.0. The number of hydrogen-bond donors (Lipinski definition) is 11. The van der Waals surface area contributed by atoms with Crippen molar-refractivity contribution in [2.75, 3.05) is 37.7 Å². The fourth-order valence-electron chi connectivity index (χ4n) is 7.29. The number of carbonyl (C=O) groups excluding carboxylic acids is 10. The molecule has 2 aliphatic heterocycles. The first-order chi connectivity index (χ1) is 32.3. The molecule has 0 aromatic heterocycles. The molecule has 0 aliphatic carbocycles. The Hall–Kier alpha value is -5.66. The minimum Gasteiger partial charge on any atom is -0.494 e. The number of ether oxygens (including phenoxy) is 1. The third-order valence-electron chi connectivity index (χ3n) is 11.2. The SMILES string of the molecule is CCOc1ccc(CC2NC(=O)CCSSCC(C(=O)N3CCC[C@H]3C(=O)N[C@@H](CCCN)C(=O)NCC(N)=O)NC(=O)C(CC(N)=O)NC(=O)[C@H]([C@@H](C)O)NC(=O)[C@H]([C@@H](C)CC)NC2=O)cc1. The normalized spacial score (nSPS) is 23.8. The Balaban J connectivity index is 1.99. The van der Waals surface area contributed by atoms with Gasteiger partial charge >= 0.3 is 0 Å². The number of aliphatic hydroxyl groups excluding tert-OH is 1. The highest BCUT2D eigenvalue weighted by atomic mass is 33.1. The van der Waals surface area contributed by atoms with Gasteiger partial charge in [0.05, 0.1) is 25.7 Å². The van der Waals surface area contributed by atoms with Crippen LogP contribution in [0.25, 0.3) is 0 Å². The lowest BCUT2D eigenvalue weighted by atomic mass is 9.96. The van der Waals surface area contributed by atoms with Gasteiger partial charge in [0.1, 0.15) is 48.0 Å². The Morgan fingerprint density at radius 1 is 0.868 bits per heavy atom. The molecule has 3 unspecified atom stereocenters. The van der Waals surface area contributed by atoms with Gasteiger partial charge in [-0.15, -0.1) is 0 Å². The molecule has 3 rings (SSSR count). The van der Waals surface area contributed by atoms with Crippen molar-refractivity contribution < 1.29 is 57.8 Å². The summed E-state index contributed by atoms with van der Waals surface area (Å²) in [6.45, 7) is 6.72. The first kappa shape index (κ1) is 56.7. The Morgan fingerprint density at radius 2 is 1.53 bits per heavy atom. The monoisotopic (exact) mass is 993 g/mol. The van der Waals surface area contributed by atoms with Crippen molar-refractivity contribution in [1.82, 2.24) is 42.1 Å². The van der Waals surface area contributed by atoms with Crippen LogP contribution in [0.2, 0.25) is 0 Å². The standard InChI is InChI=1S/C43H67N11O12S2/c1-5-23(3)35-41(63)53-36(24(4)55)42(64)50-29(20-32(45)56)38(60)51-30(43(65)54-17-8-10-31(54)40(62)49-27(9-7-16-44)37(59)47-21-33(46)57)22-68-67-18-15-34(58)48-28(39(61)52-35)19-25-11-13-26(14-12-25)66-6-2/h11-14,23-24,27-31,35-36,55H,5-10,15-22,44H2,1-4H3,(H2,45,56)(H2,46,57)(H,47,59)(H,48,58)(H,49,62)(H,50,64)(H,51,60)(H,52,61)(H,53,63)/t23-,24+,27-,28?,29?,30?,31-,35-,36-/m0/s1. The number of likely N-dealkylation sites (tertiary alicyclic amines) is 1. The minimum atomic E-state index is -1.74. The second-order valence-electron chi connectivity index (χ2n) is 16.5. The summed E-state index contributed by atoms with van der Waals surface area (Å²) < 4.78 is 5.53. The number of rotatable bonds is 18. The van der Waals surface area contributed by atoms with E-state index in [-0.39, 0.29) is 50.3 Å². The summed E-state index contributed by atoms with van der Waals surface area (Å²) in [5, 5.41) is 28.7. The zero-order valence-corrected chi connectivity index (χ0v) is 40.5. The van der Waals surface area contributed by atoms with E-state index in [1.165, 1.54) is 22.6 Å². The number of nitrogens with two attached hydrogens (primary N) is 3. The average molecular weight is 994 g/mol. The molecular formula is C43H67N11O12S2. The van der Waals surface area contributed by atoms with Crippen LogP contribution in [0.15, 0.2) is 24.3 Å². The van der Waals surface area contributed by atoms with Gasteiger partial charge in [-0.2, -0.15) is 0 Å². The van der Waals surface area contributed by atoms with E-state index in [1.54, 1.807) is 38.1 Å². The van der Waals surface area contributed by atoms with Gasteiger partial charge in [0.15, 0.2) is 0 Å². The zero-order chi connectivity index (χ0) is 50.5. The molecule has 14 N–H and O–H groups in total. The molecule has 2 aliphatic rings. The zero-order valence-electron chi connectivity index (χ0n) is 38.8. The number of carbonyl (C=O) groups is 10. The summed E-state index contributed by atoms with van der Waals surface area (Å²) >= 11 is 0. The molecule has 1 aromatic carbocycles. The largest absolute Gasteiger partial charge is 0.494 e. The molecule has 0 radical (unpaired) electrons. The molecule has 2 heterocycles. The maximum absolute atomic E-state index is 14.4. The number of amides is 10. The molecular weight excluding hydrogens is 927 g/mol. The fraction of sp³-hybridized carbons (Fsp3) is 0.628. The van der Waals surface area contributed by atoms with Gasteiger partial charge in [-0.05, 0) is 69.7 Å². The molecule has 1 aromatic rings. The summed E-state index contributed by atoms with van der Waals surface area (Å²) in [6.07, 6.45) is -1.05. The molecule has 378 valence electrons. The van der Waals surface area contributed by atoms with E-state index in [0.717, 1.165) is 10.8 Å².